The van der Waals surface area contributed by atoms with Gasteiger partial charge >= 0.3 is 0 Å². The minimum absolute atomic E-state index is 0.206. The highest BCUT2D eigenvalue weighted by Crippen LogP contribution is 2.31. The van der Waals surface area contributed by atoms with Crippen molar-refractivity contribution in [3.8, 4) is 11.8 Å². The molecule has 21 heavy (non-hydrogen) atoms. The lowest BCUT2D eigenvalue weighted by atomic mass is 10.1. The van der Waals surface area contributed by atoms with Crippen molar-refractivity contribution in [3.63, 3.8) is 0 Å². The minimum atomic E-state index is -1.07. The van der Waals surface area contributed by atoms with Crippen molar-refractivity contribution in [1.82, 2.24) is 19.5 Å². The molecule has 0 aliphatic carbocycles. The first-order valence-corrected chi connectivity index (χ1v) is 6.47. The van der Waals surface area contributed by atoms with Gasteiger partial charge in [-0.2, -0.15) is 0 Å². The molecular formula is C13H15N5O3. The fourth-order valence-corrected chi connectivity index (χ4v) is 2.35. The zero-order valence-corrected chi connectivity index (χ0v) is 11.6. The van der Waals surface area contributed by atoms with Gasteiger partial charge in [0.25, 0.3) is 0 Å². The molecule has 3 heterocycles. The van der Waals surface area contributed by atoms with Gasteiger partial charge in [0, 0.05) is 0 Å². The number of hydrogen-bond acceptors (Lipinski definition) is 7. The van der Waals surface area contributed by atoms with Crippen LogP contribution in [0.15, 0.2) is 6.33 Å². The molecule has 4 atom stereocenters. The van der Waals surface area contributed by atoms with Gasteiger partial charge in [0.2, 0.25) is 5.82 Å². The average molecular weight is 289 g/mol. The molecular weight excluding hydrogens is 274 g/mol. The van der Waals surface area contributed by atoms with Gasteiger partial charge in [-0.05, 0) is 19.8 Å². The number of nitrogen functional groups attached to an aromatic ring is 1. The Bertz CT molecular complexity index is 747. The lowest BCUT2D eigenvalue weighted by molar-refractivity contribution is -0.0299. The number of rotatable bonds is 1. The van der Waals surface area contributed by atoms with Crippen LogP contribution >= 0.6 is 0 Å². The van der Waals surface area contributed by atoms with Crippen LogP contribution in [-0.2, 0) is 4.74 Å². The quantitative estimate of drug-likeness (QED) is 0.601. The lowest BCUT2D eigenvalue weighted by Crippen LogP contribution is -2.30. The van der Waals surface area contributed by atoms with Crippen LogP contribution in [0.1, 0.15) is 25.9 Å². The van der Waals surface area contributed by atoms with E-state index >= 15 is 0 Å². The first-order valence-electron chi connectivity index (χ1n) is 6.47. The Hall–Kier alpha value is -2.21. The van der Waals surface area contributed by atoms with E-state index in [1.54, 1.807) is 13.8 Å². The predicted molar refractivity (Wildman–Crippen MR) is 73.9 cm³/mol. The molecule has 4 N–H and O–H groups in total. The summed E-state index contributed by atoms with van der Waals surface area (Å²) in [6, 6.07) is 0. The SMILES string of the molecule is CC#Cc1nc(N)c2ncn([C@@H]3O[C@H](C)[C@H](O)C3O)c2n1. The van der Waals surface area contributed by atoms with Crippen molar-refractivity contribution >= 4 is 17.0 Å². The monoisotopic (exact) mass is 289 g/mol. The number of ether oxygens (including phenoxy) is 1. The Morgan fingerprint density at radius 1 is 1.33 bits per heavy atom. The molecule has 1 fully saturated rings. The molecule has 8 nitrogen and oxygen atoms in total. The van der Waals surface area contributed by atoms with Crippen molar-refractivity contribution in [2.45, 2.75) is 38.4 Å². The zero-order chi connectivity index (χ0) is 15.1. The highest BCUT2D eigenvalue weighted by Gasteiger charge is 2.42. The van der Waals surface area contributed by atoms with E-state index in [2.05, 4.69) is 26.8 Å². The van der Waals surface area contributed by atoms with Crippen molar-refractivity contribution in [2.24, 2.45) is 0 Å². The molecule has 0 saturated carbocycles. The molecule has 1 aliphatic rings. The summed E-state index contributed by atoms with van der Waals surface area (Å²) in [7, 11) is 0. The van der Waals surface area contributed by atoms with Crippen molar-refractivity contribution in [1.29, 1.82) is 0 Å². The van der Waals surface area contributed by atoms with Gasteiger partial charge in [0.05, 0.1) is 12.4 Å². The second-order valence-electron chi connectivity index (χ2n) is 4.84. The number of hydrogen-bond donors (Lipinski definition) is 3. The Morgan fingerprint density at radius 2 is 2.10 bits per heavy atom. The van der Waals surface area contributed by atoms with Crippen molar-refractivity contribution in [3.05, 3.63) is 12.2 Å². The molecule has 0 aromatic carbocycles. The molecule has 0 spiro atoms. The second-order valence-corrected chi connectivity index (χ2v) is 4.84. The molecule has 110 valence electrons. The van der Waals surface area contributed by atoms with E-state index in [0.717, 1.165) is 0 Å². The molecule has 3 rings (SSSR count). The molecule has 0 amide bonds. The predicted octanol–water partition coefficient (Wildman–Crippen LogP) is -0.581. The third-order valence-corrected chi connectivity index (χ3v) is 3.44. The van der Waals surface area contributed by atoms with Gasteiger partial charge in [-0.15, -0.1) is 0 Å². The third kappa shape index (κ3) is 2.12. The number of nitrogens with two attached hydrogens (primary N) is 1. The number of anilines is 1. The summed E-state index contributed by atoms with van der Waals surface area (Å²) in [5.41, 5.74) is 6.65. The van der Waals surface area contributed by atoms with Gasteiger partial charge in [-0.3, -0.25) is 4.57 Å². The van der Waals surface area contributed by atoms with Crippen molar-refractivity contribution in [2.75, 3.05) is 5.73 Å². The molecule has 1 saturated heterocycles. The van der Waals surface area contributed by atoms with Crippen molar-refractivity contribution < 1.29 is 14.9 Å². The molecule has 0 bridgehead atoms. The maximum atomic E-state index is 10.1. The largest absolute Gasteiger partial charge is 0.388 e. The topological polar surface area (TPSA) is 119 Å². The standard InChI is InChI=1S/C13H15N5O3/c1-3-4-7-16-11(14)8-12(17-7)18(5-15-8)13-10(20)9(19)6(2)21-13/h5-6,9-10,13,19-20H,1-2H3,(H2,14,16,17)/t6-,9+,10?,13-/m1/s1. The minimum Gasteiger partial charge on any atom is -0.388 e. The maximum Gasteiger partial charge on any atom is 0.208 e. The molecule has 8 heteroatoms. The van der Waals surface area contributed by atoms with Gasteiger partial charge in [-0.25, -0.2) is 15.0 Å². The van der Waals surface area contributed by atoms with Crippen LogP contribution in [0.2, 0.25) is 0 Å². The maximum absolute atomic E-state index is 10.1. The average Bonchev–Trinajstić information content (AvgIpc) is 2.96. The summed E-state index contributed by atoms with van der Waals surface area (Å²) in [5.74, 6) is 5.90. The lowest BCUT2D eigenvalue weighted by Gasteiger charge is -2.16. The van der Waals surface area contributed by atoms with Crippen LogP contribution in [0, 0.1) is 11.8 Å². The Kier molecular flexibility index (Phi) is 3.25. The molecule has 1 aliphatic heterocycles. The fourth-order valence-electron chi connectivity index (χ4n) is 2.35. The first-order chi connectivity index (χ1) is 10.0. The van der Waals surface area contributed by atoms with Crippen LogP contribution in [-0.4, -0.2) is 48.0 Å². The molecule has 2 aromatic rings. The molecule has 2 aromatic heterocycles. The number of fused-ring (bicyclic) bond motifs is 1. The third-order valence-electron chi connectivity index (χ3n) is 3.44. The summed E-state index contributed by atoms with van der Waals surface area (Å²) >= 11 is 0. The molecule has 0 radical (unpaired) electrons. The van der Waals surface area contributed by atoms with Crippen LogP contribution in [0.25, 0.3) is 11.2 Å². The van der Waals surface area contributed by atoms with Gasteiger partial charge in [-0.1, -0.05) is 5.92 Å². The number of nitrogens with zero attached hydrogens (tertiary/aromatic N) is 4. The van der Waals surface area contributed by atoms with Crippen LogP contribution in [0.4, 0.5) is 5.82 Å². The Labute approximate surface area is 120 Å². The van der Waals surface area contributed by atoms with Gasteiger partial charge in [0.15, 0.2) is 17.7 Å². The molecule has 1 unspecified atom stereocenters. The number of aliphatic hydroxyl groups is 2. The highest BCUT2D eigenvalue weighted by molar-refractivity contribution is 5.82. The van der Waals surface area contributed by atoms with Crippen LogP contribution in [0.5, 0.6) is 0 Å². The number of imidazole rings is 1. The Balaban J connectivity index is 2.13. The zero-order valence-electron chi connectivity index (χ0n) is 11.6. The first kappa shape index (κ1) is 13.8. The van der Waals surface area contributed by atoms with E-state index in [9.17, 15) is 10.2 Å². The fraction of sp³-hybridized carbons (Fsp3) is 0.462. The highest BCUT2D eigenvalue weighted by atomic mass is 16.6. The summed E-state index contributed by atoms with van der Waals surface area (Å²) < 4.78 is 7.10. The summed E-state index contributed by atoms with van der Waals surface area (Å²) in [6.07, 6.45) is -1.86. The van der Waals surface area contributed by atoms with E-state index in [4.69, 9.17) is 10.5 Å². The normalized spacial score (nSPS) is 28.6. The number of aromatic nitrogens is 4. The van der Waals surface area contributed by atoms with E-state index < -0.39 is 24.5 Å². The van der Waals surface area contributed by atoms with Gasteiger partial charge in [0.1, 0.15) is 17.7 Å². The van der Waals surface area contributed by atoms with E-state index in [1.807, 2.05) is 0 Å². The van der Waals surface area contributed by atoms with E-state index in [0.29, 0.717) is 11.2 Å². The summed E-state index contributed by atoms with van der Waals surface area (Å²) in [5, 5.41) is 19.9. The smallest absolute Gasteiger partial charge is 0.208 e. The van der Waals surface area contributed by atoms with Gasteiger partial charge < -0.3 is 20.7 Å². The van der Waals surface area contributed by atoms with E-state index in [1.165, 1.54) is 10.9 Å². The van der Waals surface area contributed by atoms with Crippen LogP contribution in [0.3, 0.4) is 0 Å². The summed E-state index contributed by atoms with van der Waals surface area (Å²) in [6.45, 7) is 3.35. The van der Waals surface area contributed by atoms with Crippen LogP contribution < -0.4 is 5.73 Å². The second kappa shape index (κ2) is 4.96. The number of aliphatic hydroxyl groups excluding tert-OH is 2. The Morgan fingerprint density at radius 3 is 2.71 bits per heavy atom. The van der Waals surface area contributed by atoms with E-state index in [-0.39, 0.29) is 11.6 Å². The summed E-state index contributed by atoms with van der Waals surface area (Å²) in [4.78, 5) is 12.5.